The number of nitrogens with two attached hydrogens (primary N) is 1. The van der Waals surface area contributed by atoms with Crippen LogP contribution in [-0.4, -0.2) is 31.8 Å². The van der Waals surface area contributed by atoms with Crippen molar-refractivity contribution in [1.29, 1.82) is 0 Å². The summed E-state index contributed by atoms with van der Waals surface area (Å²) in [5, 5.41) is 9.59. The zero-order chi connectivity index (χ0) is 14.8. The van der Waals surface area contributed by atoms with Crippen LogP contribution in [0.3, 0.4) is 0 Å². The van der Waals surface area contributed by atoms with Crippen molar-refractivity contribution in [3.8, 4) is 11.5 Å². The van der Waals surface area contributed by atoms with Crippen molar-refractivity contribution >= 4 is 5.97 Å². The summed E-state index contributed by atoms with van der Waals surface area (Å²) in [5.74, 6) is 0.615. The highest BCUT2D eigenvalue weighted by molar-refractivity contribution is 5.76. The lowest BCUT2D eigenvalue weighted by atomic mass is 9.77. The van der Waals surface area contributed by atoms with Crippen LogP contribution in [0.1, 0.15) is 18.4 Å². The molecule has 110 valence electrons. The van der Waals surface area contributed by atoms with Gasteiger partial charge < -0.3 is 20.3 Å². The maximum atomic E-state index is 11.7. The van der Waals surface area contributed by atoms with Crippen molar-refractivity contribution in [2.45, 2.75) is 19.3 Å². The third kappa shape index (κ3) is 2.58. The fourth-order valence-electron chi connectivity index (χ4n) is 2.71. The topological polar surface area (TPSA) is 81.8 Å². The molecule has 0 amide bonds. The van der Waals surface area contributed by atoms with E-state index in [0.717, 1.165) is 18.4 Å². The van der Waals surface area contributed by atoms with Gasteiger partial charge in [-0.1, -0.05) is 6.07 Å². The summed E-state index contributed by atoms with van der Waals surface area (Å²) in [6.45, 7) is 0.154. The third-order valence-corrected chi connectivity index (χ3v) is 4.12. The first-order chi connectivity index (χ1) is 9.57. The minimum Gasteiger partial charge on any atom is -0.493 e. The smallest absolute Gasteiger partial charge is 0.311 e. The van der Waals surface area contributed by atoms with Crippen LogP contribution in [0.25, 0.3) is 0 Å². The molecule has 5 nitrogen and oxygen atoms in total. The Labute approximate surface area is 118 Å². The van der Waals surface area contributed by atoms with Crippen LogP contribution in [0.2, 0.25) is 0 Å². The lowest BCUT2D eigenvalue weighted by molar-refractivity contribution is -0.149. The fraction of sp³-hybridized carbons (Fsp3) is 0.533. The van der Waals surface area contributed by atoms with E-state index in [4.69, 9.17) is 15.2 Å². The Morgan fingerprint density at radius 1 is 1.35 bits per heavy atom. The summed E-state index contributed by atoms with van der Waals surface area (Å²) >= 11 is 0. The van der Waals surface area contributed by atoms with Gasteiger partial charge in [0.15, 0.2) is 11.5 Å². The molecule has 0 aromatic heterocycles. The van der Waals surface area contributed by atoms with Gasteiger partial charge in [-0.3, -0.25) is 4.79 Å². The lowest BCUT2D eigenvalue weighted by Gasteiger charge is -2.28. The second kappa shape index (κ2) is 5.71. The van der Waals surface area contributed by atoms with E-state index in [9.17, 15) is 9.90 Å². The molecule has 5 heteroatoms. The van der Waals surface area contributed by atoms with E-state index in [2.05, 4.69) is 0 Å². The van der Waals surface area contributed by atoms with E-state index < -0.39 is 11.4 Å². The van der Waals surface area contributed by atoms with Crippen LogP contribution in [0.15, 0.2) is 18.2 Å². The Hall–Kier alpha value is -1.75. The van der Waals surface area contributed by atoms with Crippen molar-refractivity contribution in [3.63, 3.8) is 0 Å². The number of rotatable bonds is 7. The molecule has 1 unspecified atom stereocenters. The van der Waals surface area contributed by atoms with Gasteiger partial charge >= 0.3 is 5.97 Å². The molecular weight excluding hydrogens is 258 g/mol. The molecule has 3 N–H and O–H groups in total. The molecule has 0 aliphatic heterocycles. The molecule has 1 atom stereocenters. The molecule has 1 aliphatic rings. The molecule has 1 aromatic carbocycles. The summed E-state index contributed by atoms with van der Waals surface area (Å²) in [4.78, 5) is 11.7. The monoisotopic (exact) mass is 279 g/mol. The van der Waals surface area contributed by atoms with E-state index in [1.807, 2.05) is 12.1 Å². The number of carboxylic acid groups (broad SMARTS) is 1. The summed E-state index contributed by atoms with van der Waals surface area (Å²) in [6, 6.07) is 5.50. The molecule has 2 rings (SSSR count). The van der Waals surface area contributed by atoms with Gasteiger partial charge in [0.05, 0.1) is 19.6 Å². The number of benzene rings is 1. The molecule has 0 bridgehead atoms. The molecule has 20 heavy (non-hydrogen) atoms. The quantitative estimate of drug-likeness (QED) is 0.793. The van der Waals surface area contributed by atoms with E-state index in [0.29, 0.717) is 17.9 Å². The largest absolute Gasteiger partial charge is 0.493 e. The summed E-state index contributed by atoms with van der Waals surface area (Å²) < 4.78 is 10.4. The fourth-order valence-corrected chi connectivity index (χ4v) is 2.71. The number of hydrogen-bond donors (Lipinski definition) is 2. The number of methoxy groups -OCH3 is 2. The van der Waals surface area contributed by atoms with Crippen LogP contribution in [0.4, 0.5) is 0 Å². The number of carboxylic acids is 1. The summed E-state index contributed by atoms with van der Waals surface area (Å²) in [6.07, 6.45) is 2.30. The molecule has 0 radical (unpaired) electrons. The highest BCUT2D eigenvalue weighted by atomic mass is 16.5. The van der Waals surface area contributed by atoms with Gasteiger partial charge in [-0.2, -0.15) is 0 Å². The molecule has 1 aromatic rings. The van der Waals surface area contributed by atoms with E-state index in [-0.39, 0.29) is 12.5 Å². The Morgan fingerprint density at radius 2 is 2.00 bits per heavy atom. The van der Waals surface area contributed by atoms with Crippen LogP contribution in [-0.2, 0) is 11.2 Å². The number of hydrogen-bond acceptors (Lipinski definition) is 4. The van der Waals surface area contributed by atoms with Crippen LogP contribution in [0, 0.1) is 11.3 Å². The SMILES string of the molecule is COc1ccc(CC(CN)(C(=O)O)C2CC2)cc1OC. The van der Waals surface area contributed by atoms with Crippen molar-refractivity contribution in [1.82, 2.24) is 0 Å². The Morgan fingerprint density at radius 3 is 2.45 bits per heavy atom. The minimum atomic E-state index is -0.862. The van der Waals surface area contributed by atoms with Gasteiger partial charge in [-0.15, -0.1) is 0 Å². The van der Waals surface area contributed by atoms with Gasteiger partial charge in [0.2, 0.25) is 0 Å². The van der Waals surface area contributed by atoms with E-state index in [1.165, 1.54) is 0 Å². The Kier molecular flexibility index (Phi) is 4.18. The first kappa shape index (κ1) is 14.7. The lowest BCUT2D eigenvalue weighted by Crippen LogP contribution is -2.42. The first-order valence-corrected chi connectivity index (χ1v) is 6.71. The maximum Gasteiger partial charge on any atom is 0.311 e. The molecular formula is C15H21NO4. The predicted octanol–water partition coefficient (Wildman–Crippen LogP) is 1.69. The van der Waals surface area contributed by atoms with Gasteiger partial charge in [0, 0.05) is 6.54 Å². The van der Waals surface area contributed by atoms with Crippen LogP contribution < -0.4 is 15.2 Å². The highest BCUT2D eigenvalue weighted by Crippen LogP contribution is 2.47. The summed E-state index contributed by atoms with van der Waals surface area (Å²) in [5.41, 5.74) is 5.83. The number of aliphatic carboxylic acids is 1. The van der Waals surface area contributed by atoms with Crippen molar-refractivity contribution in [3.05, 3.63) is 23.8 Å². The van der Waals surface area contributed by atoms with E-state index in [1.54, 1.807) is 20.3 Å². The van der Waals surface area contributed by atoms with Crippen molar-refractivity contribution in [2.24, 2.45) is 17.1 Å². The van der Waals surface area contributed by atoms with Crippen LogP contribution in [0.5, 0.6) is 11.5 Å². The van der Waals surface area contributed by atoms with Gasteiger partial charge in [0.1, 0.15) is 0 Å². The highest BCUT2D eigenvalue weighted by Gasteiger charge is 2.50. The summed E-state index contributed by atoms with van der Waals surface area (Å²) in [7, 11) is 3.14. The molecule has 0 spiro atoms. The molecule has 1 aliphatic carbocycles. The molecule has 0 saturated heterocycles. The third-order valence-electron chi connectivity index (χ3n) is 4.12. The van der Waals surface area contributed by atoms with Crippen molar-refractivity contribution < 1.29 is 19.4 Å². The average Bonchev–Trinajstić information content (AvgIpc) is 3.29. The van der Waals surface area contributed by atoms with Crippen LogP contribution >= 0.6 is 0 Å². The van der Waals surface area contributed by atoms with Gasteiger partial charge in [0.25, 0.3) is 0 Å². The van der Waals surface area contributed by atoms with Gasteiger partial charge in [-0.25, -0.2) is 0 Å². The predicted molar refractivity (Wildman–Crippen MR) is 75.1 cm³/mol. The zero-order valence-corrected chi connectivity index (χ0v) is 11.9. The second-order valence-electron chi connectivity index (χ2n) is 5.31. The normalized spacial score (nSPS) is 17.4. The van der Waals surface area contributed by atoms with E-state index >= 15 is 0 Å². The maximum absolute atomic E-state index is 11.7. The molecule has 1 saturated carbocycles. The standard InChI is InChI=1S/C15H21NO4/c1-19-12-6-3-10(7-13(12)20-2)8-15(9-16,14(17)18)11-4-5-11/h3,6-7,11H,4-5,8-9,16H2,1-2H3,(H,17,18). The molecule has 0 heterocycles. The minimum absolute atomic E-state index is 0.154. The average molecular weight is 279 g/mol. The van der Waals surface area contributed by atoms with Gasteiger partial charge in [-0.05, 0) is 42.9 Å². The molecule has 1 fully saturated rings. The Balaban J connectivity index is 2.29. The Bertz CT molecular complexity index is 499. The first-order valence-electron chi connectivity index (χ1n) is 6.71. The number of carbonyl (C=O) groups is 1. The zero-order valence-electron chi connectivity index (χ0n) is 11.9. The second-order valence-corrected chi connectivity index (χ2v) is 5.31. The van der Waals surface area contributed by atoms with Crippen molar-refractivity contribution in [2.75, 3.05) is 20.8 Å². The number of ether oxygens (including phenoxy) is 2.